The Morgan fingerprint density at radius 2 is 2.14 bits per heavy atom. The van der Waals surface area contributed by atoms with E-state index in [0.717, 1.165) is 44.7 Å². The van der Waals surface area contributed by atoms with Crippen LogP contribution in [0.2, 0.25) is 0 Å². The van der Waals surface area contributed by atoms with Gasteiger partial charge in [0.1, 0.15) is 0 Å². The van der Waals surface area contributed by atoms with Crippen LogP contribution in [-0.2, 0) is 9.47 Å². The minimum Gasteiger partial charge on any atom is -0.385 e. The number of methoxy groups -OCH3 is 1. The standard InChI is InChI=1S/C11H23NO2/c1-4-6-12-9-11(2)10-14-8-5-7-13-3/h12H,2,4-10H2,1,3H3. The van der Waals surface area contributed by atoms with E-state index in [2.05, 4.69) is 18.8 Å². The summed E-state index contributed by atoms with van der Waals surface area (Å²) >= 11 is 0. The van der Waals surface area contributed by atoms with E-state index in [4.69, 9.17) is 9.47 Å². The molecule has 0 aliphatic heterocycles. The molecule has 0 fully saturated rings. The van der Waals surface area contributed by atoms with Crippen LogP contribution in [0.1, 0.15) is 19.8 Å². The maximum Gasteiger partial charge on any atom is 0.0686 e. The highest BCUT2D eigenvalue weighted by Crippen LogP contribution is 1.91. The molecular formula is C11H23NO2. The summed E-state index contributed by atoms with van der Waals surface area (Å²) in [6, 6.07) is 0. The van der Waals surface area contributed by atoms with Crippen molar-refractivity contribution in [2.45, 2.75) is 19.8 Å². The number of nitrogens with one attached hydrogen (secondary N) is 1. The van der Waals surface area contributed by atoms with Crippen molar-refractivity contribution < 1.29 is 9.47 Å². The van der Waals surface area contributed by atoms with Gasteiger partial charge in [0.05, 0.1) is 6.61 Å². The molecule has 0 aromatic rings. The van der Waals surface area contributed by atoms with Crippen LogP contribution in [0.3, 0.4) is 0 Å². The lowest BCUT2D eigenvalue weighted by Crippen LogP contribution is -2.19. The predicted octanol–water partition coefficient (Wildman–Crippen LogP) is 1.60. The molecule has 0 spiro atoms. The Balaban J connectivity index is 3.10. The lowest BCUT2D eigenvalue weighted by atomic mass is 10.3. The number of hydrogen-bond donors (Lipinski definition) is 1. The van der Waals surface area contributed by atoms with Crippen LogP contribution in [0.15, 0.2) is 12.2 Å². The largest absolute Gasteiger partial charge is 0.385 e. The molecule has 0 unspecified atom stereocenters. The molecule has 0 aromatic heterocycles. The normalized spacial score (nSPS) is 10.4. The minimum absolute atomic E-state index is 0.653. The summed E-state index contributed by atoms with van der Waals surface area (Å²) < 4.78 is 10.3. The van der Waals surface area contributed by atoms with Gasteiger partial charge < -0.3 is 14.8 Å². The van der Waals surface area contributed by atoms with Gasteiger partial charge in [0.2, 0.25) is 0 Å². The number of hydrogen-bond acceptors (Lipinski definition) is 3. The van der Waals surface area contributed by atoms with Gasteiger partial charge >= 0.3 is 0 Å². The Bertz CT molecular complexity index is 137. The Labute approximate surface area is 87.5 Å². The highest BCUT2D eigenvalue weighted by atomic mass is 16.5. The highest BCUT2D eigenvalue weighted by molar-refractivity contribution is 4.96. The Morgan fingerprint density at radius 3 is 2.79 bits per heavy atom. The highest BCUT2D eigenvalue weighted by Gasteiger charge is 1.94. The summed E-state index contributed by atoms with van der Waals surface area (Å²) in [5, 5.41) is 3.28. The van der Waals surface area contributed by atoms with Gasteiger partial charge in [-0.1, -0.05) is 13.5 Å². The van der Waals surface area contributed by atoms with Crippen LogP contribution in [0.5, 0.6) is 0 Å². The quantitative estimate of drug-likeness (QED) is 0.430. The first-order chi connectivity index (χ1) is 6.81. The van der Waals surface area contributed by atoms with Gasteiger partial charge in [0, 0.05) is 26.9 Å². The van der Waals surface area contributed by atoms with Crippen molar-refractivity contribution in [2.75, 3.05) is 40.0 Å². The van der Waals surface area contributed by atoms with E-state index >= 15 is 0 Å². The Morgan fingerprint density at radius 1 is 1.36 bits per heavy atom. The summed E-state index contributed by atoms with van der Waals surface area (Å²) in [6.45, 7) is 10.1. The fraction of sp³-hybridized carbons (Fsp3) is 0.818. The zero-order valence-electron chi connectivity index (χ0n) is 9.47. The second-order valence-corrected chi connectivity index (χ2v) is 3.33. The molecule has 0 radical (unpaired) electrons. The fourth-order valence-electron chi connectivity index (χ4n) is 1.01. The van der Waals surface area contributed by atoms with Gasteiger partial charge in [-0.05, 0) is 25.0 Å². The molecule has 0 saturated carbocycles. The zero-order chi connectivity index (χ0) is 10.6. The van der Waals surface area contributed by atoms with Crippen LogP contribution in [0, 0.1) is 0 Å². The molecule has 0 aromatic carbocycles. The lowest BCUT2D eigenvalue weighted by Gasteiger charge is -2.07. The molecule has 0 amide bonds. The summed E-state index contributed by atoms with van der Waals surface area (Å²) in [6.07, 6.45) is 2.11. The Hall–Kier alpha value is -0.380. The van der Waals surface area contributed by atoms with Crippen LogP contribution < -0.4 is 5.32 Å². The summed E-state index contributed by atoms with van der Waals surface area (Å²) in [4.78, 5) is 0. The molecule has 3 nitrogen and oxygen atoms in total. The SMILES string of the molecule is C=C(CNCCC)COCCCOC. The fourth-order valence-corrected chi connectivity index (χ4v) is 1.01. The third-order valence-electron chi connectivity index (χ3n) is 1.75. The first kappa shape index (κ1) is 13.6. The second-order valence-electron chi connectivity index (χ2n) is 3.33. The van der Waals surface area contributed by atoms with Gasteiger partial charge in [0.15, 0.2) is 0 Å². The van der Waals surface area contributed by atoms with E-state index in [0.29, 0.717) is 6.61 Å². The third-order valence-corrected chi connectivity index (χ3v) is 1.75. The number of rotatable bonds is 10. The summed E-state index contributed by atoms with van der Waals surface area (Å²) in [5.74, 6) is 0. The molecule has 0 rings (SSSR count). The predicted molar refractivity (Wildman–Crippen MR) is 59.6 cm³/mol. The zero-order valence-corrected chi connectivity index (χ0v) is 9.47. The minimum atomic E-state index is 0.653. The molecule has 0 aliphatic rings. The van der Waals surface area contributed by atoms with Gasteiger partial charge in [-0.15, -0.1) is 0 Å². The van der Waals surface area contributed by atoms with Gasteiger partial charge in [0.25, 0.3) is 0 Å². The first-order valence-electron chi connectivity index (χ1n) is 5.25. The molecule has 0 bridgehead atoms. The molecule has 3 heteroatoms. The van der Waals surface area contributed by atoms with Crippen molar-refractivity contribution in [3.05, 3.63) is 12.2 Å². The number of ether oxygens (including phenoxy) is 2. The van der Waals surface area contributed by atoms with E-state index in [1.807, 2.05) is 0 Å². The van der Waals surface area contributed by atoms with Crippen LogP contribution in [0.25, 0.3) is 0 Å². The van der Waals surface area contributed by atoms with E-state index in [1.165, 1.54) is 0 Å². The smallest absolute Gasteiger partial charge is 0.0686 e. The van der Waals surface area contributed by atoms with Crippen molar-refractivity contribution in [1.29, 1.82) is 0 Å². The average Bonchev–Trinajstić information content (AvgIpc) is 2.18. The summed E-state index contributed by atoms with van der Waals surface area (Å²) in [7, 11) is 1.70. The van der Waals surface area contributed by atoms with Crippen molar-refractivity contribution in [1.82, 2.24) is 5.32 Å². The maximum absolute atomic E-state index is 5.41. The van der Waals surface area contributed by atoms with Crippen molar-refractivity contribution in [3.63, 3.8) is 0 Å². The van der Waals surface area contributed by atoms with Gasteiger partial charge in [-0.3, -0.25) is 0 Å². The molecule has 0 atom stereocenters. The van der Waals surface area contributed by atoms with Gasteiger partial charge in [-0.2, -0.15) is 0 Å². The molecule has 14 heavy (non-hydrogen) atoms. The first-order valence-corrected chi connectivity index (χ1v) is 5.25. The van der Waals surface area contributed by atoms with Crippen molar-refractivity contribution in [3.8, 4) is 0 Å². The molecule has 1 N–H and O–H groups in total. The molecule has 0 heterocycles. The summed E-state index contributed by atoms with van der Waals surface area (Å²) in [5.41, 5.74) is 1.11. The van der Waals surface area contributed by atoms with Crippen molar-refractivity contribution in [2.24, 2.45) is 0 Å². The van der Waals surface area contributed by atoms with E-state index in [1.54, 1.807) is 7.11 Å². The Kier molecular flexibility index (Phi) is 10.4. The molecule has 84 valence electrons. The third kappa shape index (κ3) is 9.71. The molecular weight excluding hydrogens is 178 g/mol. The van der Waals surface area contributed by atoms with E-state index < -0.39 is 0 Å². The maximum atomic E-state index is 5.41. The van der Waals surface area contributed by atoms with E-state index in [-0.39, 0.29) is 0 Å². The van der Waals surface area contributed by atoms with Crippen LogP contribution in [-0.4, -0.2) is 40.0 Å². The van der Waals surface area contributed by atoms with Crippen molar-refractivity contribution >= 4 is 0 Å². The van der Waals surface area contributed by atoms with E-state index in [9.17, 15) is 0 Å². The second kappa shape index (κ2) is 10.7. The molecule has 0 saturated heterocycles. The average molecular weight is 201 g/mol. The molecule has 0 aliphatic carbocycles. The van der Waals surface area contributed by atoms with Crippen LogP contribution in [0.4, 0.5) is 0 Å². The monoisotopic (exact) mass is 201 g/mol. The topological polar surface area (TPSA) is 30.5 Å². The van der Waals surface area contributed by atoms with Gasteiger partial charge in [-0.25, -0.2) is 0 Å². The lowest BCUT2D eigenvalue weighted by molar-refractivity contribution is 0.116. The van der Waals surface area contributed by atoms with Crippen LogP contribution >= 0.6 is 0 Å².